The quantitative estimate of drug-likeness (QED) is 0.354. The van der Waals surface area contributed by atoms with Crippen molar-refractivity contribution in [3.63, 3.8) is 0 Å². The van der Waals surface area contributed by atoms with Gasteiger partial charge in [-0.25, -0.2) is 13.6 Å². The number of H-pyrrole nitrogens is 1. The van der Waals surface area contributed by atoms with Crippen LogP contribution in [0.5, 0.6) is 0 Å². The number of aliphatic hydroxyl groups is 1. The number of benzene rings is 2. The van der Waals surface area contributed by atoms with Gasteiger partial charge in [0, 0.05) is 6.54 Å². The molecule has 0 bridgehead atoms. The zero-order valence-electron chi connectivity index (χ0n) is 16.2. The van der Waals surface area contributed by atoms with E-state index in [0.717, 1.165) is 0 Å². The summed E-state index contributed by atoms with van der Waals surface area (Å²) in [6.07, 6.45) is 0.503. The lowest BCUT2D eigenvalue weighted by atomic mass is 9.81. The Morgan fingerprint density at radius 3 is 2.42 bits per heavy atom. The third-order valence-electron chi connectivity index (χ3n) is 5.26. The molecule has 2 atom stereocenters. The van der Waals surface area contributed by atoms with E-state index in [-0.39, 0.29) is 41.1 Å². The van der Waals surface area contributed by atoms with Gasteiger partial charge < -0.3 is 16.2 Å². The van der Waals surface area contributed by atoms with Crippen LogP contribution >= 0.6 is 24.8 Å². The van der Waals surface area contributed by atoms with Gasteiger partial charge in [-0.2, -0.15) is 5.21 Å². The molecule has 7 N–H and O–H groups in total. The number of nitrogens with two attached hydrogens (primary N) is 2. The fourth-order valence-electron chi connectivity index (χ4n) is 3.69. The minimum absolute atomic E-state index is 0. The smallest absolute Gasteiger partial charge is 0.238 e. The third-order valence-corrected chi connectivity index (χ3v) is 6.21. The molecule has 31 heavy (non-hydrogen) atoms. The Balaban J connectivity index is 0.00000171. The number of tetrazole rings is 1. The fourth-order valence-corrected chi connectivity index (χ4v) is 4.45. The van der Waals surface area contributed by atoms with E-state index in [1.165, 1.54) is 6.07 Å². The first-order chi connectivity index (χ1) is 13.8. The van der Waals surface area contributed by atoms with E-state index < -0.39 is 21.7 Å². The van der Waals surface area contributed by atoms with Gasteiger partial charge in [0.15, 0.2) is 0 Å². The van der Waals surface area contributed by atoms with Crippen molar-refractivity contribution in [3.05, 3.63) is 48.0 Å². The summed E-state index contributed by atoms with van der Waals surface area (Å²) in [5, 5.41) is 33.3. The van der Waals surface area contributed by atoms with Crippen molar-refractivity contribution in [1.82, 2.24) is 25.9 Å². The minimum Gasteiger partial charge on any atom is -0.383 e. The molecule has 1 aliphatic rings. The number of piperidine rings is 1. The molecule has 2 heterocycles. The zero-order valence-corrected chi connectivity index (χ0v) is 18.7. The number of hydrogen-bond acceptors (Lipinski definition) is 8. The van der Waals surface area contributed by atoms with Crippen molar-refractivity contribution < 1.29 is 13.5 Å². The zero-order chi connectivity index (χ0) is 20.6. The molecule has 13 heteroatoms. The van der Waals surface area contributed by atoms with Crippen LogP contribution in [0.15, 0.2) is 47.4 Å². The number of hydrogen-bond donors (Lipinski definition) is 5. The fraction of sp³-hybridized carbons (Fsp3) is 0.278. The maximum absolute atomic E-state index is 12.1. The Morgan fingerprint density at radius 1 is 1.13 bits per heavy atom. The van der Waals surface area contributed by atoms with E-state index in [1.54, 1.807) is 36.4 Å². The first kappa shape index (κ1) is 25.1. The number of aromatic amines is 1. The number of sulfonamides is 1. The molecular formula is C18H23Cl2N7O3S. The van der Waals surface area contributed by atoms with Crippen LogP contribution in [-0.2, 0) is 15.6 Å². The minimum atomic E-state index is -4.02. The van der Waals surface area contributed by atoms with Crippen LogP contribution in [-0.4, -0.2) is 53.3 Å². The summed E-state index contributed by atoms with van der Waals surface area (Å²) in [5.41, 5.74) is 7.26. The molecule has 1 aliphatic heterocycles. The number of aromatic nitrogens is 4. The summed E-state index contributed by atoms with van der Waals surface area (Å²) in [5.74, 6) is 0.118. The van der Waals surface area contributed by atoms with Crippen LogP contribution in [0.2, 0.25) is 0 Å². The van der Waals surface area contributed by atoms with Crippen molar-refractivity contribution >= 4 is 34.8 Å². The van der Waals surface area contributed by atoms with E-state index in [9.17, 15) is 13.5 Å². The molecule has 1 fully saturated rings. The number of nitrogens with zero attached hydrogens (tertiary/aromatic N) is 3. The summed E-state index contributed by atoms with van der Waals surface area (Å²) in [6, 6.07) is 11.5. The van der Waals surface area contributed by atoms with Gasteiger partial charge in [0.1, 0.15) is 5.60 Å². The molecule has 1 aromatic heterocycles. The Hall–Kier alpha value is -2.12. The van der Waals surface area contributed by atoms with E-state index in [1.807, 2.05) is 0 Å². The van der Waals surface area contributed by atoms with Gasteiger partial charge in [-0.05, 0) is 40.9 Å². The molecule has 1 saturated heterocycles. The van der Waals surface area contributed by atoms with Gasteiger partial charge >= 0.3 is 0 Å². The predicted octanol–water partition coefficient (Wildman–Crippen LogP) is 0.533. The number of halogens is 2. The highest BCUT2D eigenvalue weighted by atomic mass is 35.5. The average molecular weight is 488 g/mol. The molecular weight excluding hydrogens is 465 g/mol. The van der Waals surface area contributed by atoms with E-state index in [0.29, 0.717) is 36.2 Å². The molecule has 0 aliphatic carbocycles. The molecule has 2 aromatic carbocycles. The number of primary sulfonamides is 1. The molecule has 10 nitrogen and oxygen atoms in total. The normalized spacial score (nSPS) is 21.1. The standard InChI is InChI=1S/C18H21N7O3S.2ClH/c19-15-10-21-9-8-18(15,26)12-6-4-11(5-7-12)13-2-1-3-14(29(20,27)28)16(13)17-22-24-25-23-17;;/h1-7,15,21,26H,8-10,19H2,(H2,20,27,28)(H,22,23,24,25);2*1H/t15?,18-;;/m1../s1. The van der Waals surface area contributed by atoms with Gasteiger partial charge in [0.05, 0.1) is 16.5 Å². The Kier molecular flexibility index (Phi) is 7.76. The number of rotatable bonds is 4. The second-order valence-electron chi connectivity index (χ2n) is 7.02. The molecule has 0 radical (unpaired) electrons. The Morgan fingerprint density at radius 2 is 1.84 bits per heavy atom. The van der Waals surface area contributed by atoms with Crippen LogP contribution in [0.4, 0.5) is 0 Å². The molecule has 168 valence electrons. The third kappa shape index (κ3) is 4.72. The topological polar surface area (TPSA) is 173 Å². The Labute approximate surface area is 191 Å². The van der Waals surface area contributed by atoms with Gasteiger partial charge in [0.25, 0.3) is 0 Å². The highest BCUT2D eigenvalue weighted by molar-refractivity contribution is 7.89. The van der Waals surface area contributed by atoms with Gasteiger partial charge in [-0.3, -0.25) is 0 Å². The van der Waals surface area contributed by atoms with Crippen LogP contribution in [0.1, 0.15) is 12.0 Å². The first-order valence-corrected chi connectivity index (χ1v) is 10.5. The lowest BCUT2D eigenvalue weighted by molar-refractivity contribution is -0.0123. The molecule has 0 spiro atoms. The lowest BCUT2D eigenvalue weighted by Gasteiger charge is -2.38. The predicted molar refractivity (Wildman–Crippen MR) is 120 cm³/mol. The average Bonchev–Trinajstić information content (AvgIpc) is 3.24. The first-order valence-electron chi connectivity index (χ1n) is 9.00. The van der Waals surface area contributed by atoms with Crippen molar-refractivity contribution in [2.45, 2.75) is 23.0 Å². The second-order valence-corrected chi connectivity index (χ2v) is 8.55. The van der Waals surface area contributed by atoms with E-state index in [4.69, 9.17) is 10.9 Å². The highest BCUT2D eigenvalue weighted by Gasteiger charge is 2.38. The monoisotopic (exact) mass is 487 g/mol. The summed E-state index contributed by atoms with van der Waals surface area (Å²) < 4.78 is 24.2. The van der Waals surface area contributed by atoms with Crippen molar-refractivity contribution in [3.8, 4) is 22.5 Å². The van der Waals surface area contributed by atoms with Crippen molar-refractivity contribution in [2.75, 3.05) is 13.1 Å². The van der Waals surface area contributed by atoms with E-state index in [2.05, 4.69) is 25.9 Å². The van der Waals surface area contributed by atoms with Crippen LogP contribution < -0.4 is 16.2 Å². The maximum atomic E-state index is 12.1. The summed E-state index contributed by atoms with van der Waals surface area (Å²) in [7, 11) is -4.02. The molecule has 0 saturated carbocycles. The van der Waals surface area contributed by atoms with Gasteiger partial charge in [-0.15, -0.1) is 35.0 Å². The summed E-state index contributed by atoms with van der Waals surface area (Å²) >= 11 is 0. The summed E-state index contributed by atoms with van der Waals surface area (Å²) in [6.45, 7) is 1.20. The van der Waals surface area contributed by atoms with Crippen molar-refractivity contribution in [2.24, 2.45) is 10.9 Å². The van der Waals surface area contributed by atoms with Crippen molar-refractivity contribution in [1.29, 1.82) is 0 Å². The van der Waals surface area contributed by atoms with E-state index >= 15 is 0 Å². The van der Waals surface area contributed by atoms with Crippen LogP contribution in [0.3, 0.4) is 0 Å². The van der Waals surface area contributed by atoms with Gasteiger partial charge in [0.2, 0.25) is 15.8 Å². The molecule has 1 unspecified atom stereocenters. The SMILES string of the molecule is Cl.Cl.NC1CNCC[C@@]1(O)c1ccc(-c2cccc(S(N)(=O)=O)c2-c2nn[nH]n2)cc1. The lowest BCUT2D eigenvalue weighted by Crippen LogP contribution is -2.56. The summed E-state index contributed by atoms with van der Waals surface area (Å²) in [4.78, 5) is -0.0977. The maximum Gasteiger partial charge on any atom is 0.238 e. The van der Waals surface area contributed by atoms with Crippen LogP contribution in [0, 0.1) is 0 Å². The van der Waals surface area contributed by atoms with Crippen LogP contribution in [0.25, 0.3) is 22.5 Å². The van der Waals surface area contributed by atoms with Gasteiger partial charge in [-0.1, -0.05) is 36.4 Å². The molecule has 0 amide bonds. The molecule has 3 aromatic rings. The number of nitrogens with one attached hydrogen (secondary N) is 2. The molecule has 4 rings (SSSR count). The highest BCUT2D eigenvalue weighted by Crippen LogP contribution is 2.36. The Bertz CT molecular complexity index is 1130. The largest absolute Gasteiger partial charge is 0.383 e. The second kappa shape index (κ2) is 9.57.